The second kappa shape index (κ2) is 29.1. The van der Waals surface area contributed by atoms with E-state index in [1.165, 1.54) is 23.5 Å². The van der Waals surface area contributed by atoms with E-state index in [1.54, 1.807) is 14.2 Å². The van der Waals surface area contributed by atoms with Crippen molar-refractivity contribution < 1.29 is 29.3 Å². The van der Waals surface area contributed by atoms with Crippen LogP contribution in [0.3, 0.4) is 0 Å². The fourth-order valence-corrected chi connectivity index (χ4v) is 2.65. The summed E-state index contributed by atoms with van der Waals surface area (Å²) in [6.45, 7) is 1.51. The summed E-state index contributed by atoms with van der Waals surface area (Å²) in [6, 6.07) is 0. The summed E-state index contributed by atoms with van der Waals surface area (Å²) in [5, 5.41) is 19.9. The van der Waals surface area contributed by atoms with Crippen molar-refractivity contribution in [2.75, 3.05) is 50.4 Å². The zero-order chi connectivity index (χ0) is 19.8. The van der Waals surface area contributed by atoms with Crippen LogP contribution in [0.4, 0.5) is 0 Å². The van der Waals surface area contributed by atoms with Crippen molar-refractivity contribution in [2.45, 2.75) is 35.6 Å². The van der Waals surface area contributed by atoms with E-state index in [9.17, 15) is 19.8 Å². The number of aliphatic carboxylic acids is 2. The molecule has 0 atom stereocenters. The number of rotatable bonds is 14. The zero-order valence-electron chi connectivity index (χ0n) is 15.8. The standard InChI is InChI=1S/2C7H14O3S.2CH3.Sn/c2*1-10-4-2-3-5-11-6-7(8)9;;;/h2*2-6H2,1H3,(H,8,9);2*1H3;/q;;;;+2/p-2. The quantitative estimate of drug-likeness (QED) is 0.251. The Kier molecular flexibility index (Phi) is 35.1. The van der Waals surface area contributed by atoms with E-state index in [-0.39, 0.29) is 32.6 Å². The number of ether oxygens (including phenoxy) is 2. The molecule has 0 heterocycles. The predicted molar refractivity (Wildman–Crippen MR) is 104 cm³/mol. The van der Waals surface area contributed by atoms with Crippen molar-refractivity contribution in [2.24, 2.45) is 0 Å². The van der Waals surface area contributed by atoms with E-state index in [1.807, 2.05) is 0 Å². The number of carboxylic acid groups (broad SMARTS) is 2. The molecule has 0 N–H and O–H groups in total. The van der Waals surface area contributed by atoms with Gasteiger partial charge in [-0.2, -0.15) is 23.5 Å². The molecule has 0 aliphatic carbocycles. The topological polar surface area (TPSA) is 98.7 Å². The number of carboxylic acids is 2. The van der Waals surface area contributed by atoms with Gasteiger partial charge >= 0.3 is 31.0 Å². The van der Waals surface area contributed by atoms with Gasteiger partial charge in [0.05, 0.1) is 11.9 Å². The minimum atomic E-state index is -0.984. The van der Waals surface area contributed by atoms with Gasteiger partial charge in [-0.1, -0.05) is 0 Å². The Morgan fingerprint density at radius 1 is 0.800 bits per heavy atom. The van der Waals surface area contributed by atoms with Gasteiger partial charge in [-0.15, -0.1) is 0 Å². The number of methoxy groups -OCH3 is 2. The predicted octanol–water partition coefficient (Wildman–Crippen LogP) is 0.579. The van der Waals surface area contributed by atoms with Crippen LogP contribution in [-0.2, 0) is 19.1 Å². The number of hydrogen-bond acceptors (Lipinski definition) is 8. The Hall–Kier alpha value is 0.359. The molecular formula is C16H32O6S2Sn. The Morgan fingerprint density at radius 3 is 1.36 bits per heavy atom. The first kappa shape index (κ1) is 30.1. The zero-order valence-corrected chi connectivity index (χ0v) is 20.3. The maximum atomic E-state index is 9.93. The molecule has 6 nitrogen and oxygen atoms in total. The van der Waals surface area contributed by atoms with Crippen molar-refractivity contribution in [3.05, 3.63) is 0 Å². The van der Waals surface area contributed by atoms with Crippen LogP contribution in [0.15, 0.2) is 0 Å². The number of carbonyl (C=O) groups excluding carboxylic acids is 2. The number of hydrogen-bond donors (Lipinski definition) is 0. The van der Waals surface area contributed by atoms with Gasteiger partial charge in [-0.3, -0.25) is 0 Å². The SMILES string of the molecule is COCCCCSCC(=O)[O-].COCCCCSCC(=O)[O-].[CH3][Sn+2][CH3]. The normalized spacial score (nSPS) is 9.12. The number of thioether (sulfide) groups is 2. The molecule has 0 saturated carbocycles. The summed E-state index contributed by atoms with van der Waals surface area (Å²) in [5.74, 6) is -0.0160. The third-order valence-electron chi connectivity index (χ3n) is 2.21. The third kappa shape index (κ3) is 45.5. The summed E-state index contributed by atoms with van der Waals surface area (Å²) in [4.78, 5) is 24.5. The molecule has 0 radical (unpaired) electrons. The first-order chi connectivity index (χ1) is 12.0. The minimum absolute atomic E-state index is 0.104. The number of carbonyl (C=O) groups is 2. The average Bonchev–Trinajstić information content (AvgIpc) is 2.55. The van der Waals surface area contributed by atoms with Gasteiger partial charge in [-0.25, -0.2) is 0 Å². The molecule has 0 aromatic heterocycles. The summed E-state index contributed by atoms with van der Waals surface area (Å²) < 4.78 is 9.66. The molecular weight excluding hydrogens is 471 g/mol. The van der Waals surface area contributed by atoms with Crippen LogP contribution < -0.4 is 10.2 Å². The van der Waals surface area contributed by atoms with Gasteiger partial charge in [0.25, 0.3) is 0 Å². The molecule has 9 heteroatoms. The van der Waals surface area contributed by atoms with Gasteiger partial charge in [-0.05, 0) is 37.2 Å². The van der Waals surface area contributed by atoms with E-state index in [2.05, 4.69) is 9.88 Å². The van der Waals surface area contributed by atoms with Crippen molar-refractivity contribution in [3.63, 3.8) is 0 Å². The van der Waals surface area contributed by atoms with Gasteiger partial charge in [0.2, 0.25) is 0 Å². The van der Waals surface area contributed by atoms with Crippen LogP contribution in [0.25, 0.3) is 0 Å². The molecule has 0 amide bonds. The van der Waals surface area contributed by atoms with Crippen molar-refractivity contribution in [1.29, 1.82) is 0 Å². The molecule has 0 aliphatic rings. The van der Waals surface area contributed by atoms with Crippen LogP contribution in [-0.4, -0.2) is 83.5 Å². The van der Waals surface area contributed by atoms with E-state index < -0.39 is 11.9 Å². The summed E-state index contributed by atoms with van der Waals surface area (Å²) >= 11 is 3.02. The van der Waals surface area contributed by atoms with E-state index >= 15 is 0 Å². The van der Waals surface area contributed by atoms with Crippen molar-refractivity contribution in [3.8, 4) is 0 Å². The van der Waals surface area contributed by atoms with Crippen molar-refractivity contribution >= 4 is 56.6 Å². The van der Waals surface area contributed by atoms with Crippen molar-refractivity contribution in [1.82, 2.24) is 0 Å². The summed E-state index contributed by atoms with van der Waals surface area (Å²) in [6.07, 6.45) is 4.00. The first-order valence-corrected chi connectivity index (χ1v) is 16.1. The molecule has 0 aliphatic heterocycles. The van der Waals surface area contributed by atoms with Gasteiger partial charge in [0.1, 0.15) is 0 Å². The summed E-state index contributed by atoms with van der Waals surface area (Å²) in [7, 11) is 3.32. The molecule has 0 saturated heterocycles. The van der Waals surface area contributed by atoms with Crippen LogP contribution in [0.5, 0.6) is 0 Å². The fourth-order valence-electron chi connectivity index (χ4n) is 1.21. The van der Waals surface area contributed by atoms with E-state index in [4.69, 9.17) is 9.47 Å². The fraction of sp³-hybridized carbons (Fsp3) is 0.875. The molecule has 0 fully saturated rings. The Bertz CT molecular complexity index is 257. The van der Waals surface area contributed by atoms with Crippen LogP contribution in [0.2, 0.25) is 9.88 Å². The third-order valence-corrected chi connectivity index (χ3v) is 4.25. The molecule has 148 valence electrons. The van der Waals surface area contributed by atoms with E-state index in [0.717, 1.165) is 50.4 Å². The molecule has 0 unspecified atom stereocenters. The second-order valence-corrected chi connectivity index (χ2v) is 9.81. The van der Waals surface area contributed by atoms with Crippen LogP contribution in [0.1, 0.15) is 25.7 Å². The molecule has 0 aromatic rings. The maximum absolute atomic E-state index is 9.93. The Morgan fingerprint density at radius 2 is 1.12 bits per heavy atom. The molecule has 0 spiro atoms. The second-order valence-electron chi connectivity index (χ2n) is 4.75. The van der Waals surface area contributed by atoms with Crippen LogP contribution in [0, 0.1) is 0 Å². The molecule has 0 aromatic carbocycles. The molecule has 25 heavy (non-hydrogen) atoms. The summed E-state index contributed by atoms with van der Waals surface area (Å²) in [5.41, 5.74) is 0. The molecule has 0 rings (SSSR count). The van der Waals surface area contributed by atoms with Crippen LogP contribution >= 0.6 is 23.5 Å². The average molecular weight is 503 g/mol. The van der Waals surface area contributed by atoms with Gasteiger partial charge in [0, 0.05) is 38.9 Å². The number of unbranched alkanes of at least 4 members (excludes halogenated alkanes) is 2. The first-order valence-electron chi connectivity index (χ1n) is 8.07. The molecule has 0 bridgehead atoms. The Labute approximate surface area is 171 Å². The monoisotopic (exact) mass is 504 g/mol. The van der Waals surface area contributed by atoms with Gasteiger partial charge in [0.15, 0.2) is 0 Å². The Balaban J connectivity index is -0.000000334. The van der Waals surface area contributed by atoms with E-state index in [0.29, 0.717) is 0 Å². The van der Waals surface area contributed by atoms with Gasteiger partial charge < -0.3 is 29.3 Å².